The van der Waals surface area contributed by atoms with Gasteiger partial charge in [0.25, 0.3) is 5.69 Å². The molecule has 0 spiro atoms. The van der Waals surface area contributed by atoms with Crippen LogP contribution in [0.2, 0.25) is 0 Å². The summed E-state index contributed by atoms with van der Waals surface area (Å²) in [5.41, 5.74) is 0.853. The van der Waals surface area contributed by atoms with Gasteiger partial charge < -0.3 is 5.32 Å². The van der Waals surface area contributed by atoms with Gasteiger partial charge in [-0.3, -0.25) is 10.1 Å². The third-order valence-electron chi connectivity index (χ3n) is 3.76. The van der Waals surface area contributed by atoms with Gasteiger partial charge in [-0.1, -0.05) is 20.8 Å². The van der Waals surface area contributed by atoms with E-state index < -0.39 is 4.92 Å². The van der Waals surface area contributed by atoms with Crippen LogP contribution in [0.4, 0.5) is 11.4 Å². The summed E-state index contributed by atoms with van der Waals surface area (Å²) in [7, 11) is 0. The molecule has 1 rings (SSSR count). The highest BCUT2D eigenvalue weighted by atomic mass is 16.6. The Morgan fingerprint density at radius 1 is 1.32 bits per heavy atom. The number of nitrogens with zero attached hydrogens (tertiary/aromatic N) is 2. The molecule has 0 aliphatic rings. The van der Waals surface area contributed by atoms with E-state index >= 15 is 0 Å². The maximum atomic E-state index is 10.7. The van der Waals surface area contributed by atoms with Crippen LogP contribution in [0.1, 0.15) is 45.6 Å². The van der Waals surface area contributed by atoms with Gasteiger partial charge in [-0.05, 0) is 25.3 Å². The molecule has 0 aliphatic heterocycles. The first-order valence-corrected chi connectivity index (χ1v) is 6.48. The molecule has 0 aromatic heterocycles. The average molecular weight is 261 g/mol. The van der Waals surface area contributed by atoms with Crippen LogP contribution >= 0.6 is 0 Å². The van der Waals surface area contributed by atoms with Crippen molar-refractivity contribution in [3.05, 3.63) is 33.9 Å². The first kappa shape index (κ1) is 15.0. The van der Waals surface area contributed by atoms with Crippen molar-refractivity contribution in [2.75, 3.05) is 5.32 Å². The van der Waals surface area contributed by atoms with Gasteiger partial charge in [0, 0.05) is 17.7 Å². The molecule has 1 aromatic rings. The van der Waals surface area contributed by atoms with Crippen molar-refractivity contribution in [1.82, 2.24) is 0 Å². The number of hydrogen-bond donors (Lipinski definition) is 1. The van der Waals surface area contributed by atoms with Crippen LogP contribution in [0.15, 0.2) is 18.2 Å². The maximum absolute atomic E-state index is 10.7. The van der Waals surface area contributed by atoms with Gasteiger partial charge in [-0.25, -0.2) is 0 Å². The number of hydrogen-bond acceptors (Lipinski definition) is 4. The molecule has 1 aromatic carbocycles. The molecule has 0 aliphatic carbocycles. The number of non-ortho nitro benzene ring substituents is 1. The van der Waals surface area contributed by atoms with Crippen LogP contribution in [0, 0.1) is 21.4 Å². The summed E-state index contributed by atoms with van der Waals surface area (Å²) in [4.78, 5) is 10.2. The summed E-state index contributed by atoms with van der Waals surface area (Å²) in [5, 5.41) is 23.2. The number of nitro groups is 1. The topological polar surface area (TPSA) is 79.0 Å². The third-order valence-corrected chi connectivity index (χ3v) is 3.76. The molecule has 0 bridgehead atoms. The van der Waals surface area contributed by atoms with Gasteiger partial charge in [-0.15, -0.1) is 0 Å². The molecule has 5 heteroatoms. The molecule has 0 saturated carbocycles. The molecular formula is C14H19N3O2. The third kappa shape index (κ3) is 3.22. The van der Waals surface area contributed by atoms with E-state index in [-0.39, 0.29) is 11.2 Å². The van der Waals surface area contributed by atoms with Gasteiger partial charge >= 0.3 is 0 Å². The van der Waals surface area contributed by atoms with Crippen LogP contribution < -0.4 is 5.32 Å². The Hall–Kier alpha value is -2.09. The van der Waals surface area contributed by atoms with E-state index in [9.17, 15) is 10.1 Å². The number of rotatable bonds is 6. The number of benzene rings is 1. The number of nitrogens with one attached hydrogen (secondary N) is 1. The molecule has 102 valence electrons. The summed E-state index contributed by atoms with van der Waals surface area (Å²) in [6.07, 6.45) is 2.80. The van der Waals surface area contributed by atoms with Gasteiger partial charge in [-0.2, -0.15) is 5.26 Å². The molecular weight excluding hydrogens is 242 g/mol. The highest BCUT2D eigenvalue weighted by molar-refractivity contribution is 5.62. The van der Waals surface area contributed by atoms with Crippen molar-refractivity contribution in [1.29, 1.82) is 5.26 Å². The first-order chi connectivity index (χ1) is 9.01. The van der Waals surface area contributed by atoms with E-state index in [0.29, 0.717) is 11.3 Å². The zero-order chi connectivity index (χ0) is 14.5. The summed E-state index contributed by atoms with van der Waals surface area (Å²) in [6.45, 7) is 6.28. The quantitative estimate of drug-likeness (QED) is 0.623. The Bertz CT molecular complexity index is 494. The molecule has 0 amide bonds. The highest BCUT2D eigenvalue weighted by Gasteiger charge is 2.24. The van der Waals surface area contributed by atoms with E-state index in [1.165, 1.54) is 12.1 Å². The zero-order valence-electron chi connectivity index (χ0n) is 11.6. The predicted molar refractivity (Wildman–Crippen MR) is 75.0 cm³/mol. The lowest BCUT2D eigenvalue weighted by molar-refractivity contribution is -0.384. The fourth-order valence-electron chi connectivity index (χ4n) is 2.15. The zero-order valence-corrected chi connectivity index (χ0v) is 11.6. The second-order valence-corrected chi connectivity index (χ2v) is 4.56. The second kappa shape index (κ2) is 6.19. The van der Waals surface area contributed by atoms with Crippen LogP contribution in [-0.4, -0.2) is 10.5 Å². The minimum atomic E-state index is -0.489. The molecule has 0 heterocycles. The van der Waals surface area contributed by atoms with Crippen molar-refractivity contribution in [3.63, 3.8) is 0 Å². The van der Waals surface area contributed by atoms with Crippen LogP contribution in [0.3, 0.4) is 0 Å². The Morgan fingerprint density at radius 3 is 2.32 bits per heavy atom. The maximum Gasteiger partial charge on any atom is 0.270 e. The number of nitriles is 1. The molecule has 0 saturated heterocycles. The monoisotopic (exact) mass is 261 g/mol. The number of anilines is 1. The van der Waals surface area contributed by atoms with Crippen molar-refractivity contribution in [2.24, 2.45) is 0 Å². The second-order valence-electron chi connectivity index (χ2n) is 4.56. The summed E-state index contributed by atoms with van der Waals surface area (Å²) >= 11 is 0. The molecule has 0 fully saturated rings. The van der Waals surface area contributed by atoms with Crippen LogP contribution in [-0.2, 0) is 0 Å². The minimum absolute atomic E-state index is 0.0582. The van der Waals surface area contributed by atoms with E-state index in [0.717, 1.165) is 19.3 Å². The molecule has 1 N–H and O–H groups in total. The van der Waals surface area contributed by atoms with Gasteiger partial charge in [0.1, 0.15) is 6.07 Å². The largest absolute Gasteiger partial charge is 0.379 e. The fraction of sp³-hybridized carbons (Fsp3) is 0.500. The Labute approximate surface area is 113 Å². The average Bonchev–Trinajstić information content (AvgIpc) is 2.44. The summed E-state index contributed by atoms with van der Waals surface area (Å²) in [5.74, 6) is 0. The molecule has 5 nitrogen and oxygen atoms in total. The van der Waals surface area contributed by atoms with Crippen LogP contribution in [0.25, 0.3) is 0 Å². The lowest BCUT2D eigenvalue weighted by atomic mass is 9.89. The van der Waals surface area contributed by atoms with Gasteiger partial charge in [0.05, 0.1) is 16.2 Å². The molecule has 19 heavy (non-hydrogen) atoms. The SMILES string of the molecule is CCC(CC)(CC)Nc1ccc([N+](=O)[O-])cc1C#N. The molecule has 0 unspecified atom stereocenters. The lowest BCUT2D eigenvalue weighted by Gasteiger charge is -2.33. The van der Waals surface area contributed by atoms with Crippen molar-refractivity contribution >= 4 is 11.4 Å². The molecule has 0 atom stereocenters. The van der Waals surface area contributed by atoms with Gasteiger partial charge in [0.2, 0.25) is 0 Å². The van der Waals surface area contributed by atoms with Crippen molar-refractivity contribution in [3.8, 4) is 6.07 Å². The normalized spacial score (nSPS) is 10.8. The van der Waals surface area contributed by atoms with Gasteiger partial charge in [0.15, 0.2) is 0 Å². The first-order valence-electron chi connectivity index (χ1n) is 6.48. The summed E-state index contributed by atoms with van der Waals surface area (Å²) in [6, 6.07) is 6.38. The van der Waals surface area contributed by atoms with Crippen molar-refractivity contribution < 1.29 is 4.92 Å². The number of nitro benzene ring substituents is 1. The van der Waals surface area contributed by atoms with E-state index in [1.807, 2.05) is 6.07 Å². The minimum Gasteiger partial charge on any atom is -0.379 e. The van der Waals surface area contributed by atoms with Crippen LogP contribution in [0.5, 0.6) is 0 Å². The highest BCUT2D eigenvalue weighted by Crippen LogP contribution is 2.29. The standard InChI is InChI=1S/C14H19N3O2/c1-4-14(5-2,6-3)16-13-8-7-12(17(18)19)9-11(13)10-15/h7-9,16H,4-6H2,1-3H3. The van der Waals surface area contributed by atoms with E-state index in [1.54, 1.807) is 6.07 Å². The summed E-state index contributed by atoms with van der Waals surface area (Å²) < 4.78 is 0. The smallest absolute Gasteiger partial charge is 0.270 e. The Kier molecular flexibility index (Phi) is 4.87. The Balaban J connectivity index is 3.15. The fourth-order valence-corrected chi connectivity index (χ4v) is 2.15. The van der Waals surface area contributed by atoms with E-state index in [4.69, 9.17) is 5.26 Å². The lowest BCUT2D eigenvalue weighted by Crippen LogP contribution is -2.36. The van der Waals surface area contributed by atoms with Crippen molar-refractivity contribution in [2.45, 2.75) is 45.6 Å². The Morgan fingerprint density at radius 2 is 1.89 bits per heavy atom. The van der Waals surface area contributed by atoms with E-state index in [2.05, 4.69) is 26.1 Å². The predicted octanol–water partition coefficient (Wildman–Crippen LogP) is 3.85. The molecule has 0 radical (unpaired) electrons.